The van der Waals surface area contributed by atoms with Gasteiger partial charge in [0.1, 0.15) is 6.04 Å². The molecular formula is C22H27N5OS2. The van der Waals surface area contributed by atoms with Crippen LogP contribution < -0.4 is 5.32 Å². The van der Waals surface area contributed by atoms with Crippen LogP contribution in [0.2, 0.25) is 0 Å². The van der Waals surface area contributed by atoms with Crippen LogP contribution in [-0.2, 0) is 11.3 Å². The maximum atomic E-state index is 12.9. The molecule has 2 aromatic heterocycles. The molecule has 158 valence electrons. The summed E-state index contributed by atoms with van der Waals surface area (Å²) in [6, 6.07) is 12.2. The molecule has 8 heteroatoms. The molecule has 1 aliphatic heterocycles. The quantitative estimate of drug-likeness (QED) is 0.513. The SMILES string of the molecule is CC1CCCCN1Cc1ccc(NC(=O)C(C)n2c(-c3cccs3)n[nH]c2=S)cc1. The minimum absolute atomic E-state index is 0.122. The summed E-state index contributed by atoms with van der Waals surface area (Å²) >= 11 is 6.94. The van der Waals surface area contributed by atoms with Gasteiger partial charge in [0.15, 0.2) is 10.6 Å². The van der Waals surface area contributed by atoms with E-state index in [1.54, 1.807) is 15.9 Å². The lowest BCUT2D eigenvalue weighted by Crippen LogP contribution is -2.36. The van der Waals surface area contributed by atoms with Gasteiger partial charge in [0.2, 0.25) is 5.91 Å². The fraction of sp³-hybridized carbons (Fsp3) is 0.409. The van der Waals surface area contributed by atoms with Crippen LogP contribution in [0.4, 0.5) is 5.69 Å². The van der Waals surface area contributed by atoms with Crippen LogP contribution in [0.5, 0.6) is 0 Å². The number of amides is 1. The van der Waals surface area contributed by atoms with E-state index in [1.165, 1.54) is 24.8 Å². The van der Waals surface area contributed by atoms with E-state index in [-0.39, 0.29) is 5.91 Å². The number of thiophene rings is 1. The van der Waals surface area contributed by atoms with Gasteiger partial charge in [0, 0.05) is 18.3 Å². The number of carbonyl (C=O) groups is 1. The Kier molecular flexibility index (Phi) is 6.46. The Bertz CT molecular complexity index is 1040. The molecule has 3 aromatic rings. The number of benzene rings is 1. The van der Waals surface area contributed by atoms with Crippen molar-refractivity contribution >= 4 is 35.1 Å². The predicted molar refractivity (Wildman–Crippen MR) is 124 cm³/mol. The fourth-order valence-electron chi connectivity index (χ4n) is 3.93. The number of piperidine rings is 1. The highest BCUT2D eigenvalue weighted by Gasteiger charge is 2.22. The van der Waals surface area contributed by atoms with Gasteiger partial charge in [-0.05, 0) is 74.6 Å². The van der Waals surface area contributed by atoms with Crippen molar-refractivity contribution in [3.05, 3.63) is 52.1 Å². The molecule has 1 fully saturated rings. The van der Waals surface area contributed by atoms with Gasteiger partial charge >= 0.3 is 0 Å². The first-order valence-corrected chi connectivity index (χ1v) is 11.7. The van der Waals surface area contributed by atoms with Gasteiger partial charge in [-0.2, -0.15) is 5.10 Å². The lowest BCUT2D eigenvalue weighted by molar-refractivity contribution is -0.118. The average Bonchev–Trinajstić information content (AvgIpc) is 3.40. The van der Waals surface area contributed by atoms with E-state index < -0.39 is 6.04 Å². The average molecular weight is 442 g/mol. The molecule has 1 aliphatic rings. The van der Waals surface area contributed by atoms with Gasteiger partial charge in [0.25, 0.3) is 0 Å². The number of nitrogens with zero attached hydrogens (tertiary/aromatic N) is 3. The van der Waals surface area contributed by atoms with E-state index in [0.717, 1.165) is 23.7 Å². The fourth-order valence-corrected chi connectivity index (χ4v) is 4.93. The molecule has 30 heavy (non-hydrogen) atoms. The highest BCUT2D eigenvalue weighted by Crippen LogP contribution is 2.26. The van der Waals surface area contributed by atoms with Gasteiger partial charge in [-0.25, -0.2) is 0 Å². The van der Waals surface area contributed by atoms with Gasteiger partial charge < -0.3 is 5.32 Å². The molecule has 0 radical (unpaired) electrons. The van der Waals surface area contributed by atoms with E-state index in [1.807, 2.05) is 36.6 Å². The third kappa shape index (κ3) is 4.55. The zero-order chi connectivity index (χ0) is 21.1. The molecule has 0 saturated carbocycles. The number of aromatic amines is 1. The molecule has 6 nitrogen and oxygen atoms in total. The molecule has 2 unspecified atom stereocenters. The first kappa shape index (κ1) is 21.0. The molecule has 1 amide bonds. The summed E-state index contributed by atoms with van der Waals surface area (Å²) in [5.74, 6) is 0.561. The largest absolute Gasteiger partial charge is 0.324 e. The molecule has 0 spiro atoms. The predicted octanol–water partition coefficient (Wildman–Crippen LogP) is 5.24. The third-order valence-corrected chi connectivity index (χ3v) is 6.91. The Labute approximate surface area is 185 Å². The van der Waals surface area contributed by atoms with Crippen LogP contribution in [0.3, 0.4) is 0 Å². The Morgan fingerprint density at radius 3 is 2.83 bits per heavy atom. The van der Waals surface area contributed by atoms with Crippen LogP contribution >= 0.6 is 23.6 Å². The van der Waals surface area contributed by atoms with E-state index in [4.69, 9.17) is 12.2 Å². The zero-order valence-electron chi connectivity index (χ0n) is 17.3. The van der Waals surface area contributed by atoms with Crippen molar-refractivity contribution in [3.63, 3.8) is 0 Å². The second kappa shape index (κ2) is 9.24. The van der Waals surface area contributed by atoms with Crippen molar-refractivity contribution in [3.8, 4) is 10.7 Å². The standard InChI is InChI=1S/C22H27N5OS2/c1-15-6-3-4-12-26(15)14-17-8-10-18(11-9-17)23-21(28)16(2)27-20(24-25-22(27)29)19-7-5-13-30-19/h5,7-11,13,15-16H,3-4,6,12,14H2,1-2H3,(H,23,28)(H,25,29). The van der Waals surface area contributed by atoms with Crippen molar-refractivity contribution in [1.82, 2.24) is 19.7 Å². The Morgan fingerprint density at radius 2 is 2.13 bits per heavy atom. The summed E-state index contributed by atoms with van der Waals surface area (Å²) in [6.07, 6.45) is 3.88. The number of likely N-dealkylation sites (tertiary alicyclic amines) is 1. The minimum atomic E-state index is -0.484. The first-order valence-electron chi connectivity index (χ1n) is 10.4. The van der Waals surface area contributed by atoms with Gasteiger partial charge in [-0.3, -0.25) is 19.4 Å². The molecule has 2 atom stereocenters. The number of nitrogens with one attached hydrogen (secondary N) is 2. The van der Waals surface area contributed by atoms with Crippen molar-refractivity contribution < 1.29 is 4.79 Å². The molecule has 1 aromatic carbocycles. The van der Waals surface area contributed by atoms with Crippen molar-refractivity contribution in [1.29, 1.82) is 0 Å². The number of anilines is 1. The maximum Gasteiger partial charge on any atom is 0.247 e. The first-order chi connectivity index (χ1) is 14.5. The minimum Gasteiger partial charge on any atom is -0.324 e. The van der Waals surface area contributed by atoms with E-state index in [2.05, 4.69) is 39.5 Å². The number of H-pyrrole nitrogens is 1. The molecule has 0 aliphatic carbocycles. The van der Waals surface area contributed by atoms with E-state index in [9.17, 15) is 4.79 Å². The molecule has 2 N–H and O–H groups in total. The summed E-state index contributed by atoms with van der Waals surface area (Å²) in [5, 5.41) is 12.1. The number of aromatic nitrogens is 3. The smallest absolute Gasteiger partial charge is 0.247 e. The third-order valence-electron chi connectivity index (χ3n) is 5.76. The lowest BCUT2D eigenvalue weighted by Gasteiger charge is -2.33. The topological polar surface area (TPSA) is 66.0 Å². The van der Waals surface area contributed by atoms with Crippen molar-refractivity contribution in [2.45, 2.75) is 51.7 Å². The molecule has 1 saturated heterocycles. The van der Waals surface area contributed by atoms with Crippen LogP contribution in [-0.4, -0.2) is 38.2 Å². The van der Waals surface area contributed by atoms with Gasteiger partial charge in [-0.15, -0.1) is 11.3 Å². The van der Waals surface area contributed by atoms with Gasteiger partial charge in [0.05, 0.1) is 4.88 Å². The summed E-state index contributed by atoms with van der Waals surface area (Å²) in [4.78, 5) is 16.4. The van der Waals surface area contributed by atoms with Gasteiger partial charge in [-0.1, -0.05) is 24.6 Å². The van der Waals surface area contributed by atoms with E-state index >= 15 is 0 Å². The van der Waals surface area contributed by atoms with Crippen LogP contribution in [0, 0.1) is 4.77 Å². The Morgan fingerprint density at radius 1 is 1.33 bits per heavy atom. The van der Waals surface area contributed by atoms with Crippen molar-refractivity contribution in [2.24, 2.45) is 0 Å². The number of rotatable bonds is 6. The summed E-state index contributed by atoms with van der Waals surface area (Å²) in [7, 11) is 0. The maximum absolute atomic E-state index is 12.9. The van der Waals surface area contributed by atoms with Crippen LogP contribution in [0.15, 0.2) is 41.8 Å². The van der Waals surface area contributed by atoms with Crippen molar-refractivity contribution in [2.75, 3.05) is 11.9 Å². The highest BCUT2D eigenvalue weighted by atomic mass is 32.1. The second-order valence-corrected chi connectivity index (χ2v) is 9.21. The summed E-state index contributed by atoms with van der Waals surface area (Å²) in [5.41, 5.74) is 2.06. The monoisotopic (exact) mass is 441 g/mol. The summed E-state index contributed by atoms with van der Waals surface area (Å²) < 4.78 is 2.20. The van der Waals surface area contributed by atoms with Crippen LogP contribution in [0.25, 0.3) is 10.7 Å². The molecular weight excluding hydrogens is 414 g/mol. The molecule has 4 rings (SSSR count). The van der Waals surface area contributed by atoms with Crippen LogP contribution in [0.1, 0.15) is 44.7 Å². The molecule has 0 bridgehead atoms. The zero-order valence-corrected chi connectivity index (χ0v) is 18.9. The Balaban J connectivity index is 1.43. The normalized spacial score (nSPS) is 18.3. The van der Waals surface area contributed by atoms with E-state index in [0.29, 0.717) is 16.6 Å². The lowest BCUT2D eigenvalue weighted by atomic mass is 10.0. The summed E-state index contributed by atoms with van der Waals surface area (Å²) in [6.45, 7) is 6.26. The second-order valence-electron chi connectivity index (χ2n) is 7.88. The molecule has 3 heterocycles. The highest BCUT2D eigenvalue weighted by molar-refractivity contribution is 7.71. The number of hydrogen-bond acceptors (Lipinski definition) is 5. The Hall–Kier alpha value is -2.29. The number of carbonyl (C=O) groups excluding carboxylic acids is 1. The number of hydrogen-bond donors (Lipinski definition) is 2.